The lowest BCUT2D eigenvalue weighted by molar-refractivity contribution is -0.140. The lowest BCUT2D eigenvalue weighted by Crippen LogP contribution is -2.39. The van der Waals surface area contributed by atoms with Crippen molar-refractivity contribution in [1.82, 2.24) is 14.9 Å². The summed E-state index contributed by atoms with van der Waals surface area (Å²) in [5.74, 6) is 3.04. The van der Waals surface area contributed by atoms with Crippen LogP contribution in [0.25, 0.3) is 10.9 Å². The van der Waals surface area contributed by atoms with Gasteiger partial charge in [0.05, 0.1) is 12.6 Å². The average Bonchev–Trinajstić information content (AvgIpc) is 3.67. The van der Waals surface area contributed by atoms with Crippen LogP contribution in [-0.2, 0) is 12.7 Å². The number of anilines is 1. The van der Waals surface area contributed by atoms with Crippen molar-refractivity contribution < 1.29 is 17.9 Å². The molecule has 1 saturated heterocycles. The third kappa shape index (κ3) is 5.69. The second-order valence-electron chi connectivity index (χ2n) is 9.78. The number of halogens is 3. The van der Waals surface area contributed by atoms with Crippen LogP contribution in [0.2, 0.25) is 0 Å². The quantitative estimate of drug-likeness (QED) is 0.405. The second-order valence-corrected chi connectivity index (χ2v) is 9.78. The molecule has 0 amide bonds. The highest BCUT2D eigenvalue weighted by molar-refractivity contribution is 5.89. The average molecular weight is 485 g/mol. The highest BCUT2D eigenvalue weighted by Crippen LogP contribution is 2.34. The molecule has 2 aromatic heterocycles. The summed E-state index contributed by atoms with van der Waals surface area (Å²) >= 11 is 0. The number of para-hydroxylation sites is 1. The van der Waals surface area contributed by atoms with Crippen LogP contribution in [0, 0.1) is 11.8 Å². The molecular weight excluding hydrogens is 453 g/mol. The van der Waals surface area contributed by atoms with E-state index in [1.165, 1.54) is 24.5 Å². The molecule has 0 bridgehead atoms. The molecule has 0 atom stereocenters. The Morgan fingerprint density at radius 3 is 2.37 bits per heavy atom. The summed E-state index contributed by atoms with van der Waals surface area (Å²) in [4.78, 5) is 13.1. The first-order chi connectivity index (χ1) is 16.9. The maximum absolute atomic E-state index is 13.1. The first-order valence-corrected chi connectivity index (χ1v) is 12.3. The number of hydrogen-bond donors (Lipinski definition) is 0. The Kier molecular flexibility index (Phi) is 6.82. The molecule has 5 rings (SSSR count). The number of nitrogens with zero attached hydrogens (tertiary/aromatic N) is 4. The number of rotatable bonds is 8. The molecule has 3 heterocycles. The minimum Gasteiger partial charge on any atom is -0.496 e. The Morgan fingerprint density at radius 2 is 1.69 bits per heavy atom. The summed E-state index contributed by atoms with van der Waals surface area (Å²) in [5.41, 5.74) is 0.685. The topological polar surface area (TPSA) is 41.5 Å². The molecule has 0 N–H and O–H groups in total. The Balaban J connectivity index is 1.25. The van der Waals surface area contributed by atoms with E-state index in [1.807, 2.05) is 12.1 Å². The number of pyridine rings is 2. The van der Waals surface area contributed by atoms with Crippen molar-refractivity contribution in [3.05, 3.63) is 59.9 Å². The van der Waals surface area contributed by atoms with E-state index in [0.717, 1.165) is 69.1 Å². The van der Waals surface area contributed by atoms with Gasteiger partial charge in [0.2, 0.25) is 0 Å². The Bertz CT molecular complexity index is 1160. The van der Waals surface area contributed by atoms with Crippen molar-refractivity contribution in [1.29, 1.82) is 0 Å². The van der Waals surface area contributed by atoms with Crippen molar-refractivity contribution in [3.63, 3.8) is 0 Å². The predicted molar refractivity (Wildman–Crippen MR) is 130 cm³/mol. The Labute approximate surface area is 203 Å². The molecule has 0 radical (unpaired) electrons. The zero-order chi connectivity index (χ0) is 24.4. The van der Waals surface area contributed by atoms with Crippen LogP contribution >= 0.6 is 0 Å². The van der Waals surface area contributed by atoms with Crippen molar-refractivity contribution in [3.8, 4) is 5.75 Å². The van der Waals surface area contributed by atoms with Gasteiger partial charge in [-0.05, 0) is 61.8 Å². The zero-order valence-electron chi connectivity index (χ0n) is 20.0. The molecule has 2 fully saturated rings. The molecule has 5 nitrogen and oxygen atoms in total. The molecule has 1 aliphatic heterocycles. The summed E-state index contributed by atoms with van der Waals surface area (Å²) in [6.07, 6.45) is 1.79. The summed E-state index contributed by atoms with van der Waals surface area (Å²) in [5, 5.41) is 0.672. The van der Waals surface area contributed by atoms with E-state index in [-0.39, 0.29) is 0 Å². The van der Waals surface area contributed by atoms with Crippen LogP contribution in [0.15, 0.2) is 48.7 Å². The highest BCUT2D eigenvalue weighted by atomic mass is 19.4. The van der Waals surface area contributed by atoms with Crippen LogP contribution in [-0.4, -0.2) is 48.2 Å². The largest absolute Gasteiger partial charge is 0.496 e. The minimum absolute atomic E-state index is 0.333. The number of benzene rings is 1. The number of hydrogen-bond acceptors (Lipinski definition) is 5. The normalized spacial score (nSPS) is 17.3. The van der Waals surface area contributed by atoms with Gasteiger partial charge in [0.25, 0.3) is 0 Å². The summed E-state index contributed by atoms with van der Waals surface area (Å²) in [6.45, 7) is 4.73. The molecule has 8 heteroatoms. The van der Waals surface area contributed by atoms with Gasteiger partial charge in [-0.15, -0.1) is 0 Å². The number of fused-ring (bicyclic) bond motifs is 1. The van der Waals surface area contributed by atoms with E-state index in [9.17, 15) is 13.2 Å². The van der Waals surface area contributed by atoms with E-state index in [4.69, 9.17) is 4.74 Å². The lowest BCUT2D eigenvalue weighted by atomic mass is 9.95. The zero-order valence-corrected chi connectivity index (χ0v) is 20.0. The molecule has 0 spiro atoms. The smallest absolute Gasteiger partial charge is 0.433 e. The van der Waals surface area contributed by atoms with Crippen LogP contribution in [0.1, 0.15) is 36.9 Å². The van der Waals surface area contributed by atoms with Crippen LogP contribution in [0.3, 0.4) is 0 Å². The van der Waals surface area contributed by atoms with Gasteiger partial charge in [0, 0.05) is 49.9 Å². The maximum Gasteiger partial charge on any atom is 0.433 e. The van der Waals surface area contributed by atoms with Crippen LogP contribution in [0.5, 0.6) is 5.75 Å². The number of alkyl halides is 3. The number of methoxy groups -OCH3 is 1. The van der Waals surface area contributed by atoms with Crippen LogP contribution < -0.4 is 9.64 Å². The van der Waals surface area contributed by atoms with Gasteiger partial charge in [0.15, 0.2) is 0 Å². The van der Waals surface area contributed by atoms with Crippen molar-refractivity contribution >= 4 is 16.7 Å². The Hall–Kier alpha value is -2.87. The van der Waals surface area contributed by atoms with E-state index in [0.29, 0.717) is 16.8 Å². The van der Waals surface area contributed by atoms with E-state index in [2.05, 4.69) is 31.9 Å². The molecule has 1 aromatic carbocycles. The standard InChI is InChI=1S/C27H31F3N4O/c1-35-24-5-3-2-4-21(24)18-33(16-19-6-7-19)17-20-11-14-34(15-12-20)26-22-8-9-25(27(28,29)30)32-23(22)10-13-31-26/h2-5,8-10,13,19-20H,6-7,11-12,14-18H2,1H3. The van der Waals surface area contributed by atoms with Gasteiger partial charge >= 0.3 is 6.18 Å². The molecular formula is C27H31F3N4O. The van der Waals surface area contributed by atoms with Gasteiger partial charge in [-0.25, -0.2) is 9.97 Å². The minimum atomic E-state index is -4.45. The fourth-order valence-corrected chi connectivity index (χ4v) is 5.09. The van der Waals surface area contributed by atoms with Gasteiger partial charge < -0.3 is 9.64 Å². The van der Waals surface area contributed by atoms with Crippen molar-refractivity contribution in [2.75, 3.05) is 38.2 Å². The van der Waals surface area contributed by atoms with E-state index in [1.54, 1.807) is 19.4 Å². The maximum atomic E-state index is 13.1. The number of piperidine rings is 1. The van der Waals surface area contributed by atoms with Gasteiger partial charge in [0.1, 0.15) is 17.3 Å². The summed E-state index contributed by atoms with van der Waals surface area (Å²) < 4.78 is 44.8. The predicted octanol–water partition coefficient (Wildman–Crippen LogP) is 5.79. The van der Waals surface area contributed by atoms with Crippen LogP contribution in [0.4, 0.5) is 19.0 Å². The van der Waals surface area contributed by atoms with E-state index >= 15 is 0 Å². The molecule has 0 unspecified atom stereocenters. The number of ether oxygens (including phenoxy) is 1. The van der Waals surface area contributed by atoms with Gasteiger partial charge in [-0.3, -0.25) is 4.90 Å². The third-order valence-corrected chi connectivity index (χ3v) is 7.12. The first-order valence-electron chi connectivity index (χ1n) is 12.3. The fraction of sp³-hybridized carbons (Fsp3) is 0.481. The van der Waals surface area contributed by atoms with Crippen molar-refractivity contribution in [2.24, 2.45) is 11.8 Å². The molecule has 1 saturated carbocycles. The number of aromatic nitrogens is 2. The monoisotopic (exact) mass is 484 g/mol. The SMILES string of the molecule is COc1ccccc1CN(CC1CC1)CC1CCN(c2nccc3nc(C(F)(F)F)ccc23)CC1. The third-order valence-electron chi connectivity index (χ3n) is 7.12. The molecule has 35 heavy (non-hydrogen) atoms. The molecule has 1 aliphatic carbocycles. The molecule has 3 aromatic rings. The Morgan fingerprint density at radius 1 is 0.971 bits per heavy atom. The van der Waals surface area contributed by atoms with Gasteiger partial charge in [-0.1, -0.05) is 18.2 Å². The first kappa shape index (κ1) is 23.9. The summed E-state index contributed by atoms with van der Waals surface area (Å²) in [7, 11) is 1.72. The highest BCUT2D eigenvalue weighted by Gasteiger charge is 2.33. The second kappa shape index (κ2) is 10.0. The lowest BCUT2D eigenvalue weighted by Gasteiger charge is -2.36. The van der Waals surface area contributed by atoms with Gasteiger partial charge in [-0.2, -0.15) is 13.2 Å². The van der Waals surface area contributed by atoms with Crippen molar-refractivity contribution in [2.45, 2.75) is 38.4 Å². The fourth-order valence-electron chi connectivity index (χ4n) is 5.09. The summed E-state index contributed by atoms with van der Waals surface area (Å²) in [6, 6.07) is 12.3. The van der Waals surface area contributed by atoms with E-state index < -0.39 is 11.9 Å². The molecule has 2 aliphatic rings. The molecule has 186 valence electrons.